The van der Waals surface area contributed by atoms with Gasteiger partial charge in [0.05, 0.1) is 12.0 Å². The Bertz CT molecular complexity index is 292. The van der Waals surface area contributed by atoms with Crippen molar-refractivity contribution in [1.82, 2.24) is 5.32 Å². The zero-order valence-corrected chi connectivity index (χ0v) is 10.2. The van der Waals surface area contributed by atoms with Gasteiger partial charge in [0, 0.05) is 5.75 Å². The van der Waals surface area contributed by atoms with Crippen molar-refractivity contribution in [2.75, 3.05) is 12.4 Å². The second-order valence-electron chi connectivity index (χ2n) is 4.03. The van der Waals surface area contributed by atoms with Gasteiger partial charge in [-0.2, -0.15) is 0 Å². The number of carboxylic acid groups (broad SMARTS) is 1. The van der Waals surface area contributed by atoms with Gasteiger partial charge in [0.1, 0.15) is 30.5 Å². The van der Waals surface area contributed by atoms with Gasteiger partial charge in [0.15, 0.2) is 0 Å². The van der Waals surface area contributed by atoms with Crippen LogP contribution in [0.4, 0.5) is 0 Å². The molecule has 0 radical (unpaired) electrons. The Hall–Kier alpha value is -0.420. The molecule has 0 aromatic carbocycles. The average molecular weight is 283 g/mol. The van der Waals surface area contributed by atoms with E-state index >= 15 is 0 Å². The van der Waals surface area contributed by atoms with E-state index in [4.69, 9.17) is 15.3 Å². The lowest BCUT2D eigenvalue weighted by Gasteiger charge is -2.28. The number of rotatable bonds is 6. The van der Waals surface area contributed by atoms with Gasteiger partial charge in [-0.15, -0.1) is 11.8 Å². The molecular formula is C9H17NO7S. The topological polar surface area (TPSA) is 150 Å². The summed E-state index contributed by atoms with van der Waals surface area (Å²) < 4.78 is 0. The van der Waals surface area contributed by atoms with E-state index < -0.39 is 48.4 Å². The highest BCUT2D eigenvalue weighted by Gasteiger charge is 2.40. The van der Waals surface area contributed by atoms with Crippen LogP contribution in [-0.4, -0.2) is 84.8 Å². The van der Waals surface area contributed by atoms with Gasteiger partial charge < -0.3 is 30.6 Å². The zero-order chi connectivity index (χ0) is 13.9. The summed E-state index contributed by atoms with van der Waals surface area (Å²) >= 11 is 1.09. The normalized spacial score (nSPS) is 30.7. The average Bonchev–Trinajstić information content (AvgIpc) is 2.84. The highest BCUT2D eigenvalue weighted by atomic mass is 32.2. The molecule has 106 valence electrons. The lowest BCUT2D eigenvalue weighted by atomic mass is 10.0. The number of aliphatic hydroxyl groups is 5. The molecule has 8 nitrogen and oxygen atoms in total. The lowest BCUT2D eigenvalue weighted by Crippen LogP contribution is -2.52. The summed E-state index contributed by atoms with van der Waals surface area (Å²) in [6, 6.07) is -0.832. The van der Waals surface area contributed by atoms with Crippen LogP contribution in [0.25, 0.3) is 0 Å². The molecule has 0 spiro atoms. The van der Waals surface area contributed by atoms with Gasteiger partial charge >= 0.3 is 5.97 Å². The molecule has 7 N–H and O–H groups in total. The van der Waals surface area contributed by atoms with Crippen LogP contribution in [0.15, 0.2) is 0 Å². The molecule has 6 atom stereocenters. The van der Waals surface area contributed by atoms with Crippen LogP contribution in [0.5, 0.6) is 0 Å². The minimum absolute atomic E-state index is 0.225. The third-order valence-electron chi connectivity index (χ3n) is 2.70. The van der Waals surface area contributed by atoms with E-state index in [9.17, 15) is 20.1 Å². The van der Waals surface area contributed by atoms with Gasteiger partial charge in [0.2, 0.25) is 0 Å². The summed E-state index contributed by atoms with van der Waals surface area (Å²) in [4.78, 5) is 10.7. The molecule has 0 aromatic rings. The molecule has 5 unspecified atom stereocenters. The number of hydrogen-bond acceptors (Lipinski definition) is 8. The number of carboxylic acids is 1. The van der Waals surface area contributed by atoms with Crippen LogP contribution in [0, 0.1) is 0 Å². The Kier molecular flexibility index (Phi) is 5.79. The van der Waals surface area contributed by atoms with E-state index in [2.05, 4.69) is 5.32 Å². The first-order chi connectivity index (χ1) is 8.38. The number of thioether (sulfide) groups is 1. The Balaban J connectivity index is 2.54. The third-order valence-corrected chi connectivity index (χ3v) is 4.00. The minimum Gasteiger partial charge on any atom is -0.480 e. The van der Waals surface area contributed by atoms with Crippen LogP contribution in [0.1, 0.15) is 0 Å². The van der Waals surface area contributed by atoms with Gasteiger partial charge in [0.25, 0.3) is 0 Å². The van der Waals surface area contributed by atoms with Crippen molar-refractivity contribution < 1.29 is 35.4 Å². The first kappa shape index (κ1) is 15.6. The summed E-state index contributed by atoms with van der Waals surface area (Å²) in [5, 5.41) is 57.1. The molecule has 18 heavy (non-hydrogen) atoms. The van der Waals surface area contributed by atoms with Gasteiger partial charge in [-0.1, -0.05) is 0 Å². The monoisotopic (exact) mass is 283 g/mol. The Labute approximate surface area is 107 Å². The maximum Gasteiger partial charge on any atom is 0.321 e. The second-order valence-corrected chi connectivity index (χ2v) is 5.21. The number of aliphatic carboxylic acids is 1. The molecule has 1 rings (SSSR count). The van der Waals surface area contributed by atoms with Crippen molar-refractivity contribution in [3.05, 3.63) is 0 Å². The fourth-order valence-corrected chi connectivity index (χ4v) is 2.81. The van der Waals surface area contributed by atoms with Crippen molar-refractivity contribution in [1.29, 1.82) is 0 Å². The predicted octanol–water partition coefficient (Wildman–Crippen LogP) is -3.46. The van der Waals surface area contributed by atoms with Crippen LogP contribution >= 0.6 is 11.8 Å². The first-order valence-corrected chi connectivity index (χ1v) is 6.37. The number of aliphatic hydroxyl groups excluding tert-OH is 5. The van der Waals surface area contributed by atoms with Crippen molar-refractivity contribution in [3.63, 3.8) is 0 Å². The largest absolute Gasteiger partial charge is 0.480 e. The molecular weight excluding hydrogens is 266 g/mol. The number of hydrogen-bond donors (Lipinski definition) is 7. The Morgan fingerprint density at radius 3 is 2.33 bits per heavy atom. The molecule has 0 saturated carbocycles. The first-order valence-electron chi connectivity index (χ1n) is 5.32. The highest BCUT2D eigenvalue weighted by Crippen LogP contribution is 2.24. The van der Waals surface area contributed by atoms with Crippen LogP contribution < -0.4 is 5.32 Å². The Morgan fingerprint density at radius 2 is 1.89 bits per heavy atom. The molecule has 0 aromatic heterocycles. The fraction of sp³-hybridized carbons (Fsp3) is 0.889. The number of nitrogens with one attached hydrogen (secondary N) is 1. The van der Waals surface area contributed by atoms with E-state index in [0.717, 1.165) is 11.8 Å². The van der Waals surface area contributed by atoms with Gasteiger partial charge in [-0.25, -0.2) is 0 Å². The molecule has 9 heteroatoms. The SMILES string of the molecule is O=C(O)[C@@H]1CSC(C(O)C(O)C(O)C(O)CO)N1. The quantitative estimate of drug-likeness (QED) is 0.264. The molecule has 1 fully saturated rings. The molecule has 1 aliphatic rings. The molecule has 0 bridgehead atoms. The van der Waals surface area contributed by atoms with E-state index in [1.54, 1.807) is 0 Å². The zero-order valence-electron chi connectivity index (χ0n) is 9.38. The van der Waals surface area contributed by atoms with Crippen LogP contribution in [-0.2, 0) is 4.79 Å². The highest BCUT2D eigenvalue weighted by molar-refractivity contribution is 8.00. The summed E-state index contributed by atoms with van der Waals surface area (Å²) in [5.41, 5.74) is 0. The maximum absolute atomic E-state index is 10.7. The van der Waals surface area contributed by atoms with Crippen molar-refractivity contribution in [2.24, 2.45) is 0 Å². The summed E-state index contributed by atoms with van der Waals surface area (Å²) in [5.74, 6) is -0.842. The van der Waals surface area contributed by atoms with Crippen molar-refractivity contribution in [2.45, 2.75) is 35.8 Å². The second kappa shape index (κ2) is 6.66. The summed E-state index contributed by atoms with van der Waals surface area (Å²) in [7, 11) is 0. The van der Waals surface area contributed by atoms with E-state index in [1.807, 2.05) is 0 Å². The standard InChI is InChI=1S/C9H17NO7S/c11-1-4(12)5(13)6(14)7(15)8-10-3(2-18-8)9(16)17/h3-8,10-15H,1-2H2,(H,16,17)/t3-,4?,5?,6?,7?,8?/m0/s1. The fourth-order valence-electron chi connectivity index (χ4n) is 1.55. The van der Waals surface area contributed by atoms with E-state index in [-0.39, 0.29) is 5.75 Å². The van der Waals surface area contributed by atoms with Crippen LogP contribution in [0.2, 0.25) is 0 Å². The molecule has 0 amide bonds. The summed E-state index contributed by atoms with van der Waals surface area (Å²) in [6.07, 6.45) is -6.44. The van der Waals surface area contributed by atoms with Crippen molar-refractivity contribution in [3.8, 4) is 0 Å². The van der Waals surface area contributed by atoms with Crippen molar-refractivity contribution >= 4 is 17.7 Å². The minimum atomic E-state index is -1.71. The molecule has 1 saturated heterocycles. The smallest absolute Gasteiger partial charge is 0.321 e. The Morgan fingerprint density at radius 1 is 1.28 bits per heavy atom. The number of carbonyl (C=O) groups is 1. The maximum atomic E-state index is 10.7. The lowest BCUT2D eigenvalue weighted by molar-refractivity contribution is -0.139. The van der Waals surface area contributed by atoms with Crippen LogP contribution in [0.3, 0.4) is 0 Å². The van der Waals surface area contributed by atoms with E-state index in [0.29, 0.717) is 0 Å². The van der Waals surface area contributed by atoms with Gasteiger partial charge in [-0.3, -0.25) is 10.1 Å². The predicted molar refractivity (Wildman–Crippen MR) is 61.9 cm³/mol. The third kappa shape index (κ3) is 3.54. The molecule has 0 aliphatic carbocycles. The molecule has 1 heterocycles. The summed E-state index contributed by atoms with van der Waals surface area (Å²) in [6.45, 7) is -0.756. The van der Waals surface area contributed by atoms with Gasteiger partial charge in [-0.05, 0) is 0 Å². The van der Waals surface area contributed by atoms with E-state index in [1.165, 1.54) is 0 Å². The molecule has 1 aliphatic heterocycles.